The number of nitrogens with one attached hydrogen (secondary N) is 1. The van der Waals surface area contributed by atoms with Crippen LogP contribution in [-0.2, 0) is 14.8 Å². The number of carbonyl (C=O) groups is 1. The minimum absolute atomic E-state index is 0.124. The zero-order chi connectivity index (χ0) is 15.5. The van der Waals surface area contributed by atoms with E-state index in [0.29, 0.717) is 13.2 Å². The molecular formula is C13H19N3O4S. The topological polar surface area (TPSA) is 102 Å². The molecule has 0 bridgehead atoms. The summed E-state index contributed by atoms with van der Waals surface area (Å²) < 4.78 is 31.6. The van der Waals surface area contributed by atoms with E-state index in [9.17, 15) is 13.2 Å². The second-order valence-electron chi connectivity index (χ2n) is 4.87. The van der Waals surface area contributed by atoms with Crippen LogP contribution in [0.2, 0.25) is 0 Å². The Bertz CT molecular complexity index is 594. The summed E-state index contributed by atoms with van der Waals surface area (Å²) in [7, 11) is -2.10. The Balaban J connectivity index is 2.10. The molecule has 0 radical (unpaired) electrons. The molecule has 1 amide bonds. The number of rotatable bonds is 5. The molecule has 0 aromatic heterocycles. The largest absolute Gasteiger partial charge is 0.374 e. The van der Waals surface area contributed by atoms with Gasteiger partial charge >= 0.3 is 0 Å². The smallest absolute Gasteiger partial charge is 0.248 e. The fourth-order valence-corrected chi connectivity index (χ4v) is 3.30. The van der Waals surface area contributed by atoms with Gasteiger partial charge in [-0.2, -0.15) is 4.31 Å². The number of sulfonamides is 1. The third-order valence-corrected chi connectivity index (χ3v) is 5.15. The fourth-order valence-electron chi connectivity index (χ4n) is 2.09. The van der Waals surface area contributed by atoms with Crippen molar-refractivity contribution in [2.45, 2.75) is 11.0 Å². The molecule has 1 atom stereocenters. The van der Waals surface area contributed by atoms with Gasteiger partial charge in [0.15, 0.2) is 0 Å². The Kier molecular flexibility index (Phi) is 4.94. The van der Waals surface area contributed by atoms with Crippen LogP contribution in [0.5, 0.6) is 0 Å². The van der Waals surface area contributed by atoms with E-state index in [1.54, 1.807) is 0 Å². The van der Waals surface area contributed by atoms with E-state index in [1.807, 2.05) is 0 Å². The van der Waals surface area contributed by atoms with Gasteiger partial charge in [0.05, 0.1) is 17.6 Å². The van der Waals surface area contributed by atoms with Gasteiger partial charge in [-0.15, -0.1) is 0 Å². The van der Waals surface area contributed by atoms with Crippen LogP contribution in [0.15, 0.2) is 29.2 Å². The van der Waals surface area contributed by atoms with Crippen molar-refractivity contribution in [2.75, 3.05) is 33.3 Å². The van der Waals surface area contributed by atoms with E-state index in [4.69, 9.17) is 10.5 Å². The maximum absolute atomic E-state index is 12.4. The number of morpholine rings is 1. The molecule has 1 aromatic rings. The first kappa shape index (κ1) is 15.9. The molecule has 1 aliphatic rings. The quantitative estimate of drug-likeness (QED) is 0.755. The van der Waals surface area contributed by atoms with E-state index in [0.717, 1.165) is 6.54 Å². The molecule has 1 aliphatic heterocycles. The summed E-state index contributed by atoms with van der Waals surface area (Å²) in [5.41, 5.74) is 5.41. The highest BCUT2D eigenvalue weighted by atomic mass is 32.2. The lowest BCUT2D eigenvalue weighted by atomic mass is 10.2. The second-order valence-corrected chi connectivity index (χ2v) is 6.92. The molecule has 1 heterocycles. The molecule has 0 spiro atoms. The summed E-state index contributed by atoms with van der Waals surface area (Å²) in [5, 5.41) is 3.15. The van der Waals surface area contributed by atoms with Gasteiger partial charge in [-0.05, 0) is 24.3 Å². The first-order chi connectivity index (χ1) is 9.91. The number of nitrogens with zero attached hydrogens (tertiary/aromatic N) is 1. The van der Waals surface area contributed by atoms with Crippen LogP contribution < -0.4 is 11.1 Å². The Morgan fingerprint density at radius 2 is 2.10 bits per heavy atom. The van der Waals surface area contributed by atoms with Gasteiger partial charge in [0.25, 0.3) is 0 Å². The summed E-state index contributed by atoms with van der Waals surface area (Å²) in [6.45, 7) is 2.25. The van der Waals surface area contributed by atoms with Gasteiger partial charge in [0, 0.05) is 32.2 Å². The Labute approximate surface area is 124 Å². The molecule has 21 heavy (non-hydrogen) atoms. The average Bonchev–Trinajstić information content (AvgIpc) is 2.48. The standard InChI is InChI=1S/C13H19N3O4S/c1-16(9-11-8-15-6-7-20-11)21(18,19)12-4-2-10(3-5-12)13(14)17/h2-5,11,15H,6-9H2,1H3,(H2,14,17). The number of nitrogens with two attached hydrogens (primary N) is 1. The van der Waals surface area contributed by atoms with Gasteiger partial charge in [-0.3, -0.25) is 4.79 Å². The third-order valence-electron chi connectivity index (χ3n) is 3.31. The molecule has 8 heteroatoms. The molecule has 1 saturated heterocycles. The lowest BCUT2D eigenvalue weighted by Gasteiger charge is -2.27. The maximum atomic E-state index is 12.4. The molecule has 2 rings (SSSR count). The number of hydrogen-bond acceptors (Lipinski definition) is 5. The second kappa shape index (κ2) is 6.52. The van der Waals surface area contributed by atoms with Crippen molar-refractivity contribution < 1.29 is 17.9 Å². The third kappa shape index (κ3) is 3.79. The number of carbonyl (C=O) groups excluding carboxylic acids is 1. The van der Waals surface area contributed by atoms with Crippen LogP contribution >= 0.6 is 0 Å². The Hall–Kier alpha value is -1.48. The van der Waals surface area contributed by atoms with E-state index in [1.165, 1.54) is 35.6 Å². The van der Waals surface area contributed by atoms with Crippen LogP contribution in [0.1, 0.15) is 10.4 Å². The van der Waals surface area contributed by atoms with Gasteiger partial charge < -0.3 is 15.8 Å². The number of primary amides is 1. The monoisotopic (exact) mass is 313 g/mol. The van der Waals surface area contributed by atoms with Crippen LogP contribution in [0.4, 0.5) is 0 Å². The van der Waals surface area contributed by atoms with E-state index >= 15 is 0 Å². The predicted molar refractivity (Wildman–Crippen MR) is 77.4 cm³/mol. The van der Waals surface area contributed by atoms with E-state index in [2.05, 4.69) is 5.32 Å². The van der Waals surface area contributed by atoms with Crippen molar-refractivity contribution in [1.82, 2.24) is 9.62 Å². The molecule has 0 aliphatic carbocycles. The van der Waals surface area contributed by atoms with Gasteiger partial charge in [-0.1, -0.05) is 0 Å². The summed E-state index contributed by atoms with van der Waals surface area (Å²) >= 11 is 0. The lowest BCUT2D eigenvalue weighted by Crippen LogP contribution is -2.45. The van der Waals surface area contributed by atoms with Crippen LogP contribution in [0, 0.1) is 0 Å². The van der Waals surface area contributed by atoms with Crippen molar-refractivity contribution >= 4 is 15.9 Å². The Morgan fingerprint density at radius 1 is 1.43 bits per heavy atom. The van der Waals surface area contributed by atoms with Gasteiger partial charge in [0.1, 0.15) is 0 Å². The lowest BCUT2D eigenvalue weighted by molar-refractivity contribution is 0.0206. The van der Waals surface area contributed by atoms with E-state index in [-0.39, 0.29) is 23.1 Å². The van der Waals surface area contributed by atoms with E-state index < -0.39 is 15.9 Å². The molecule has 1 unspecified atom stereocenters. The van der Waals surface area contributed by atoms with Crippen LogP contribution in [0.25, 0.3) is 0 Å². The summed E-state index contributed by atoms with van der Waals surface area (Å²) in [4.78, 5) is 11.1. The minimum atomic E-state index is -3.61. The number of ether oxygens (including phenoxy) is 1. The molecular weight excluding hydrogens is 294 g/mol. The van der Waals surface area contributed by atoms with Gasteiger partial charge in [0.2, 0.25) is 15.9 Å². The normalized spacial score (nSPS) is 19.6. The molecule has 116 valence electrons. The minimum Gasteiger partial charge on any atom is -0.374 e. The number of hydrogen-bond donors (Lipinski definition) is 2. The van der Waals surface area contributed by atoms with Crippen LogP contribution in [0.3, 0.4) is 0 Å². The predicted octanol–water partition coefficient (Wildman–Crippen LogP) is -0.606. The Morgan fingerprint density at radius 3 is 2.62 bits per heavy atom. The fraction of sp³-hybridized carbons (Fsp3) is 0.462. The SMILES string of the molecule is CN(CC1CNCCO1)S(=O)(=O)c1ccc(C(N)=O)cc1. The van der Waals surface area contributed by atoms with Crippen molar-refractivity contribution in [2.24, 2.45) is 5.73 Å². The number of likely N-dealkylation sites (N-methyl/N-ethyl adjacent to an activating group) is 1. The highest BCUT2D eigenvalue weighted by Crippen LogP contribution is 2.16. The molecule has 1 fully saturated rings. The summed E-state index contributed by atoms with van der Waals surface area (Å²) in [6, 6.07) is 5.57. The summed E-state index contributed by atoms with van der Waals surface area (Å²) in [5.74, 6) is -0.589. The highest BCUT2D eigenvalue weighted by Gasteiger charge is 2.25. The first-order valence-electron chi connectivity index (χ1n) is 6.60. The molecule has 3 N–H and O–H groups in total. The average molecular weight is 313 g/mol. The van der Waals surface area contributed by atoms with Crippen LogP contribution in [-0.4, -0.2) is 58.0 Å². The first-order valence-corrected chi connectivity index (χ1v) is 8.04. The molecule has 1 aromatic carbocycles. The molecule has 7 nitrogen and oxygen atoms in total. The van der Waals surface area contributed by atoms with Gasteiger partial charge in [-0.25, -0.2) is 8.42 Å². The van der Waals surface area contributed by atoms with Crippen molar-refractivity contribution in [3.8, 4) is 0 Å². The summed E-state index contributed by atoms with van der Waals surface area (Å²) in [6.07, 6.45) is -0.164. The van der Waals surface area contributed by atoms with Crippen molar-refractivity contribution in [3.63, 3.8) is 0 Å². The zero-order valence-electron chi connectivity index (χ0n) is 11.8. The number of benzene rings is 1. The maximum Gasteiger partial charge on any atom is 0.248 e. The molecule has 0 saturated carbocycles. The van der Waals surface area contributed by atoms with Crippen molar-refractivity contribution in [1.29, 1.82) is 0 Å². The number of amides is 1. The zero-order valence-corrected chi connectivity index (χ0v) is 12.6. The highest BCUT2D eigenvalue weighted by molar-refractivity contribution is 7.89. The van der Waals surface area contributed by atoms with Crippen molar-refractivity contribution in [3.05, 3.63) is 29.8 Å².